The molecule has 0 spiro atoms. The molecule has 0 aliphatic heterocycles. The molecule has 2 rings (SSSR count). The van der Waals surface area contributed by atoms with E-state index in [1.165, 1.54) is 31.2 Å². The normalized spacial score (nSPS) is 13.5. The summed E-state index contributed by atoms with van der Waals surface area (Å²) in [7, 11) is 0. The van der Waals surface area contributed by atoms with Gasteiger partial charge in [-0.3, -0.25) is 19.7 Å². The van der Waals surface area contributed by atoms with Crippen molar-refractivity contribution < 1.29 is 24.4 Å². The number of hydrogen-bond acceptors (Lipinski definition) is 6. The Kier molecular flexibility index (Phi) is 8.21. The zero-order valence-corrected chi connectivity index (χ0v) is 16.9. The van der Waals surface area contributed by atoms with Crippen molar-refractivity contribution in [3.8, 4) is 0 Å². The number of carbonyl (C=O) groups is 3. The Morgan fingerprint density at radius 3 is 1.97 bits per heavy atom. The summed E-state index contributed by atoms with van der Waals surface area (Å²) in [5.74, 6) is -2.50. The molecule has 0 aliphatic rings. The predicted molar refractivity (Wildman–Crippen MR) is 112 cm³/mol. The van der Waals surface area contributed by atoms with Gasteiger partial charge in [0.15, 0.2) is 0 Å². The molecule has 0 heterocycles. The molecule has 0 aliphatic carbocycles. The molecule has 0 fully saturated rings. The van der Waals surface area contributed by atoms with Crippen molar-refractivity contribution in [1.29, 1.82) is 0 Å². The molecular weight excluding hydrogens is 404 g/mol. The van der Waals surface area contributed by atoms with Crippen LogP contribution in [-0.4, -0.2) is 45.9 Å². The lowest BCUT2D eigenvalue weighted by Gasteiger charge is -2.22. The monoisotopic (exact) mass is 428 g/mol. The number of nitro benzene ring substituents is 1. The molecule has 0 unspecified atom stereocenters. The topological polar surface area (TPSA) is 165 Å². The number of amides is 2. The summed E-state index contributed by atoms with van der Waals surface area (Å²) in [5, 5.41) is 25.3. The molecular formula is C21H24N4O6. The van der Waals surface area contributed by atoms with Crippen molar-refractivity contribution >= 4 is 23.5 Å². The first-order valence-electron chi connectivity index (χ1n) is 9.53. The molecule has 5 N–H and O–H groups in total. The van der Waals surface area contributed by atoms with Gasteiger partial charge in [0, 0.05) is 25.0 Å². The Morgan fingerprint density at radius 1 is 0.935 bits per heavy atom. The van der Waals surface area contributed by atoms with Crippen LogP contribution in [0.1, 0.15) is 18.1 Å². The Hall–Kier alpha value is -3.79. The third-order valence-corrected chi connectivity index (χ3v) is 4.53. The van der Waals surface area contributed by atoms with E-state index in [1.807, 2.05) is 0 Å². The maximum atomic E-state index is 12.8. The first-order chi connectivity index (χ1) is 14.7. The summed E-state index contributed by atoms with van der Waals surface area (Å²) in [6.45, 7) is 1.45. The van der Waals surface area contributed by atoms with Crippen LogP contribution < -0.4 is 16.4 Å². The summed E-state index contributed by atoms with van der Waals surface area (Å²) < 4.78 is 0. The van der Waals surface area contributed by atoms with E-state index >= 15 is 0 Å². The summed E-state index contributed by atoms with van der Waals surface area (Å²) in [6, 6.07) is 11.1. The number of non-ortho nitro benzene ring substituents is 1. The lowest BCUT2D eigenvalue weighted by Crippen LogP contribution is -2.55. The minimum Gasteiger partial charge on any atom is -0.480 e. The number of aliphatic carboxylic acids is 1. The van der Waals surface area contributed by atoms with Gasteiger partial charge in [-0.15, -0.1) is 0 Å². The summed E-state index contributed by atoms with van der Waals surface area (Å²) in [4.78, 5) is 46.9. The average Bonchev–Trinajstić information content (AvgIpc) is 2.73. The van der Waals surface area contributed by atoms with Gasteiger partial charge in [-0.1, -0.05) is 42.5 Å². The van der Waals surface area contributed by atoms with Gasteiger partial charge in [0.05, 0.1) is 11.0 Å². The predicted octanol–water partition coefficient (Wildman–Crippen LogP) is 0.781. The van der Waals surface area contributed by atoms with Crippen LogP contribution in [0.2, 0.25) is 0 Å². The number of benzene rings is 2. The number of nitrogens with one attached hydrogen (secondary N) is 2. The smallest absolute Gasteiger partial charge is 0.326 e. The number of nitro groups is 1. The fourth-order valence-corrected chi connectivity index (χ4v) is 2.82. The van der Waals surface area contributed by atoms with Gasteiger partial charge in [-0.25, -0.2) is 4.79 Å². The summed E-state index contributed by atoms with van der Waals surface area (Å²) in [5.41, 5.74) is 6.73. The molecule has 0 bridgehead atoms. The van der Waals surface area contributed by atoms with E-state index in [1.54, 1.807) is 30.3 Å². The van der Waals surface area contributed by atoms with Gasteiger partial charge >= 0.3 is 5.97 Å². The molecule has 0 saturated carbocycles. The molecule has 0 aromatic heterocycles. The van der Waals surface area contributed by atoms with Crippen molar-refractivity contribution in [2.75, 3.05) is 0 Å². The Labute approximate surface area is 178 Å². The highest BCUT2D eigenvalue weighted by Gasteiger charge is 2.27. The zero-order chi connectivity index (χ0) is 23.0. The van der Waals surface area contributed by atoms with Crippen LogP contribution >= 0.6 is 0 Å². The third-order valence-electron chi connectivity index (χ3n) is 4.53. The van der Waals surface area contributed by atoms with Crippen LogP contribution in [0.15, 0.2) is 54.6 Å². The van der Waals surface area contributed by atoms with Crippen LogP contribution in [-0.2, 0) is 27.2 Å². The minimum absolute atomic E-state index is 0.0000361. The van der Waals surface area contributed by atoms with Crippen molar-refractivity contribution in [3.63, 3.8) is 0 Å². The Balaban J connectivity index is 2.18. The first kappa shape index (κ1) is 23.5. The molecule has 2 amide bonds. The maximum Gasteiger partial charge on any atom is 0.326 e. The van der Waals surface area contributed by atoms with Crippen LogP contribution in [0.3, 0.4) is 0 Å². The molecule has 2 aromatic rings. The Bertz CT molecular complexity index is 931. The van der Waals surface area contributed by atoms with E-state index in [-0.39, 0.29) is 18.5 Å². The second kappa shape index (κ2) is 10.8. The fourth-order valence-electron chi connectivity index (χ4n) is 2.82. The molecule has 2 aromatic carbocycles. The number of rotatable bonds is 10. The number of nitrogens with two attached hydrogens (primary N) is 1. The molecule has 10 nitrogen and oxygen atoms in total. The molecule has 0 saturated heterocycles. The highest BCUT2D eigenvalue weighted by molar-refractivity contribution is 5.91. The van der Waals surface area contributed by atoms with Gasteiger partial charge in [-0.05, 0) is 18.1 Å². The van der Waals surface area contributed by atoms with E-state index in [2.05, 4.69) is 10.6 Å². The van der Waals surface area contributed by atoms with Gasteiger partial charge in [0.25, 0.3) is 5.69 Å². The molecule has 31 heavy (non-hydrogen) atoms. The minimum atomic E-state index is -1.22. The van der Waals surface area contributed by atoms with Crippen molar-refractivity contribution in [1.82, 2.24) is 10.6 Å². The van der Waals surface area contributed by atoms with Gasteiger partial charge in [-0.2, -0.15) is 0 Å². The maximum absolute atomic E-state index is 12.8. The van der Waals surface area contributed by atoms with E-state index in [0.29, 0.717) is 5.56 Å². The SMILES string of the molecule is C[C@H](N)C(=O)N[C@@H](Cc1ccc([N+](=O)[O-])cc1)C(=O)N[C@@H](Cc1ccccc1)C(=O)O. The van der Waals surface area contributed by atoms with Crippen molar-refractivity contribution in [2.24, 2.45) is 5.73 Å². The van der Waals surface area contributed by atoms with Crippen LogP contribution in [0.5, 0.6) is 0 Å². The third kappa shape index (κ3) is 7.19. The zero-order valence-electron chi connectivity index (χ0n) is 16.9. The highest BCUT2D eigenvalue weighted by atomic mass is 16.6. The van der Waals surface area contributed by atoms with Crippen LogP contribution in [0.4, 0.5) is 5.69 Å². The van der Waals surface area contributed by atoms with Gasteiger partial charge in [0.2, 0.25) is 11.8 Å². The van der Waals surface area contributed by atoms with Gasteiger partial charge in [0.1, 0.15) is 12.1 Å². The second-order valence-electron chi connectivity index (χ2n) is 7.07. The van der Waals surface area contributed by atoms with Crippen LogP contribution in [0.25, 0.3) is 0 Å². The number of carboxylic acids is 1. The first-order valence-corrected chi connectivity index (χ1v) is 9.53. The number of hydrogen-bond donors (Lipinski definition) is 4. The van der Waals surface area contributed by atoms with E-state index < -0.39 is 40.8 Å². The number of carbonyl (C=O) groups excluding carboxylic acids is 2. The standard InChI is InChI=1S/C21H24N4O6/c1-13(22)19(26)23-17(11-15-7-9-16(10-8-15)25(30)31)20(27)24-18(21(28)29)12-14-5-3-2-4-6-14/h2-10,13,17-18H,11-12,22H2,1H3,(H,23,26)(H,24,27)(H,28,29)/t13-,17-,18-/m0/s1. The highest BCUT2D eigenvalue weighted by Crippen LogP contribution is 2.14. The second-order valence-corrected chi connectivity index (χ2v) is 7.07. The molecule has 164 valence electrons. The van der Waals surface area contributed by atoms with Crippen molar-refractivity contribution in [2.45, 2.75) is 37.9 Å². The quantitative estimate of drug-likeness (QED) is 0.321. The summed E-state index contributed by atoms with van der Waals surface area (Å²) in [6.07, 6.45) is 0.0629. The Morgan fingerprint density at radius 2 is 1.45 bits per heavy atom. The van der Waals surface area contributed by atoms with E-state index in [4.69, 9.17) is 5.73 Å². The van der Waals surface area contributed by atoms with Crippen LogP contribution in [0, 0.1) is 10.1 Å². The number of carboxylic acid groups (broad SMARTS) is 1. The van der Waals surface area contributed by atoms with E-state index in [0.717, 1.165) is 5.56 Å². The molecule has 0 radical (unpaired) electrons. The molecule has 10 heteroatoms. The molecule has 3 atom stereocenters. The number of nitrogens with zero attached hydrogens (tertiary/aromatic N) is 1. The average molecular weight is 428 g/mol. The summed E-state index contributed by atoms with van der Waals surface area (Å²) >= 11 is 0. The fraction of sp³-hybridized carbons (Fsp3) is 0.286. The lowest BCUT2D eigenvalue weighted by atomic mass is 10.0. The van der Waals surface area contributed by atoms with E-state index in [9.17, 15) is 29.6 Å². The van der Waals surface area contributed by atoms with Gasteiger partial charge < -0.3 is 21.5 Å². The van der Waals surface area contributed by atoms with Crippen molar-refractivity contribution in [3.05, 3.63) is 75.8 Å². The largest absolute Gasteiger partial charge is 0.480 e. The lowest BCUT2D eigenvalue weighted by molar-refractivity contribution is -0.384.